The minimum atomic E-state index is -3.60. The normalized spacial score (nSPS) is 16.8. The van der Waals surface area contributed by atoms with Crippen molar-refractivity contribution in [3.8, 4) is 5.69 Å². The molecule has 1 aliphatic rings. The molecule has 0 amide bonds. The molecule has 0 aliphatic carbocycles. The number of benzene rings is 1. The summed E-state index contributed by atoms with van der Waals surface area (Å²) in [5, 5.41) is 7.94. The Morgan fingerprint density at radius 3 is 2.64 bits per heavy atom. The van der Waals surface area contributed by atoms with Crippen LogP contribution in [0, 0.1) is 6.92 Å². The SMILES string of the molecule is Cc1cccc(Cl)c1-n1nccc1S(=O)(=O)N1CCNCC1. The molecule has 1 aliphatic heterocycles. The second-order valence-corrected chi connectivity index (χ2v) is 7.43. The van der Waals surface area contributed by atoms with E-state index in [1.165, 1.54) is 21.3 Å². The first-order valence-corrected chi connectivity index (χ1v) is 8.84. The fraction of sp³-hybridized carbons (Fsp3) is 0.357. The zero-order valence-corrected chi connectivity index (χ0v) is 13.7. The van der Waals surface area contributed by atoms with Gasteiger partial charge >= 0.3 is 0 Å². The minimum Gasteiger partial charge on any atom is -0.314 e. The zero-order valence-electron chi connectivity index (χ0n) is 12.2. The van der Waals surface area contributed by atoms with E-state index in [4.69, 9.17) is 11.6 Å². The standard InChI is InChI=1S/C14H17ClN4O2S/c1-11-3-2-4-12(15)14(11)19-13(5-6-17-19)22(20,21)18-9-7-16-8-10-18/h2-6,16H,7-10H2,1H3. The fourth-order valence-electron chi connectivity index (χ4n) is 2.56. The topological polar surface area (TPSA) is 67.2 Å². The van der Waals surface area contributed by atoms with Crippen molar-refractivity contribution in [1.29, 1.82) is 0 Å². The predicted molar refractivity (Wildman–Crippen MR) is 84.9 cm³/mol. The monoisotopic (exact) mass is 340 g/mol. The van der Waals surface area contributed by atoms with E-state index in [-0.39, 0.29) is 5.03 Å². The maximum absolute atomic E-state index is 12.9. The van der Waals surface area contributed by atoms with E-state index in [0.29, 0.717) is 36.9 Å². The van der Waals surface area contributed by atoms with Crippen molar-refractivity contribution >= 4 is 21.6 Å². The van der Waals surface area contributed by atoms with E-state index in [2.05, 4.69) is 10.4 Å². The largest absolute Gasteiger partial charge is 0.314 e. The van der Waals surface area contributed by atoms with Crippen LogP contribution in [-0.4, -0.2) is 48.7 Å². The predicted octanol–water partition coefficient (Wildman–Crippen LogP) is 1.43. The molecule has 3 rings (SSSR count). The van der Waals surface area contributed by atoms with Crippen molar-refractivity contribution in [2.75, 3.05) is 26.2 Å². The third-order valence-corrected chi connectivity index (χ3v) is 5.88. The summed E-state index contributed by atoms with van der Waals surface area (Å²) in [5.74, 6) is 0. The molecular formula is C14H17ClN4O2S. The van der Waals surface area contributed by atoms with Crippen LogP contribution in [0.2, 0.25) is 5.02 Å². The summed E-state index contributed by atoms with van der Waals surface area (Å²) in [6.45, 7) is 4.09. The quantitative estimate of drug-likeness (QED) is 0.917. The van der Waals surface area contributed by atoms with Crippen molar-refractivity contribution in [2.24, 2.45) is 0 Å². The highest BCUT2D eigenvalue weighted by atomic mass is 35.5. The van der Waals surface area contributed by atoms with Crippen LogP contribution in [-0.2, 0) is 10.0 Å². The smallest absolute Gasteiger partial charge is 0.260 e. The second-order valence-electron chi connectivity index (χ2n) is 5.14. The molecule has 0 bridgehead atoms. The summed E-state index contributed by atoms with van der Waals surface area (Å²) in [4.78, 5) is 0. The molecule has 22 heavy (non-hydrogen) atoms. The number of rotatable bonds is 3. The molecule has 6 nitrogen and oxygen atoms in total. The van der Waals surface area contributed by atoms with E-state index in [1.54, 1.807) is 6.07 Å². The summed E-state index contributed by atoms with van der Waals surface area (Å²) in [5.41, 5.74) is 1.47. The van der Waals surface area contributed by atoms with Crippen LogP contribution in [0.5, 0.6) is 0 Å². The third kappa shape index (κ3) is 2.65. The Labute approximate surface area is 134 Å². The van der Waals surface area contributed by atoms with Gasteiger partial charge in [-0.15, -0.1) is 0 Å². The number of aryl methyl sites for hydroxylation is 1. The van der Waals surface area contributed by atoms with Crippen LogP contribution < -0.4 is 5.32 Å². The molecule has 0 saturated carbocycles. The number of para-hydroxylation sites is 1. The fourth-order valence-corrected chi connectivity index (χ4v) is 4.38. The molecule has 1 aromatic carbocycles. The molecule has 0 unspecified atom stereocenters. The van der Waals surface area contributed by atoms with Crippen molar-refractivity contribution in [3.63, 3.8) is 0 Å². The van der Waals surface area contributed by atoms with E-state index in [0.717, 1.165) is 5.56 Å². The summed E-state index contributed by atoms with van der Waals surface area (Å²) in [7, 11) is -3.60. The molecule has 118 valence electrons. The first kappa shape index (κ1) is 15.5. The average molecular weight is 341 g/mol. The van der Waals surface area contributed by atoms with Gasteiger partial charge in [0.25, 0.3) is 10.0 Å². The molecule has 0 spiro atoms. The molecule has 0 radical (unpaired) electrons. The molecule has 2 heterocycles. The van der Waals surface area contributed by atoms with Gasteiger partial charge in [0.1, 0.15) is 0 Å². The van der Waals surface area contributed by atoms with Crippen molar-refractivity contribution < 1.29 is 8.42 Å². The van der Waals surface area contributed by atoms with Gasteiger partial charge in [-0.3, -0.25) is 0 Å². The van der Waals surface area contributed by atoms with Crippen molar-refractivity contribution in [3.05, 3.63) is 41.0 Å². The molecular weight excluding hydrogens is 324 g/mol. The van der Waals surface area contributed by atoms with Gasteiger partial charge in [-0.25, -0.2) is 13.1 Å². The number of aromatic nitrogens is 2. The lowest BCUT2D eigenvalue weighted by atomic mass is 10.2. The summed E-state index contributed by atoms with van der Waals surface area (Å²) in [6, 6.07) is 6.95. The zero-order chi connectivity index (χ0) is 15.7. The molecule has 8 heteroatoms. The molecule has 1 N–H and O–H groups in total. The Balaban J connectivity index is 2.09. The Morgan fingerprint density at radius 2 is 1.95 bits per heavy atom. The van der Waals surface area contributed by atoms with Gasteiger partial charge in [0.2, 0.25) is 0 Å². The van der Waals surface area contributed by atoms with Crippen LogP contribution in [0.3, 0.4) is 0 Å². The summed E-state index contributed by atoms with van der Waals surface area (Å²) < 4.78 is 28.6. The number of hydrogen-bond acceptors (Lipinski definition) is 4. The number of sulfonamides is 1. The highest BCUT2D eigenvalue weighted by Gasteiger charge is 2.30. The number of hydrogen-bond donors (Lipinski definition) is 1. The Morgan fingerprint density at radius 1 is 1.23 bits per heavy atom. The number of nitrogens with one attached hydrogen (secondary N) is 1. The molecule has 2 aromatic rings. The van der Waals surface area contributed by atoms with E-state index in [9.17, 15) is 8.42 Å². The van der Waals surface area contributed by atoms with Crippen LogP contribution in [0.25, 0.3) is 5.69 Å². The van der Waals surface area contributed by atoms with Crippen LogP contribution in [0.1, 0.15) is 5.56 Å². The molecule has 0 atom stereocenters. The highest BCUT2D eigenvalue weighted by molar-refractivity contribution is 7.89. The Bertz CT molecular complexity index is 762. The molecule has 1 aromatic heterocycles. The van der Waals surface area contributed by atoms with E-state index in [1.807, 2.05) is 19.1 Å². The van der Waals surface area contributed by atoms with E-state index < -0.39 is 10.0 Å². The number of halogens is 1. The van der Waals surface area contributed by atoms with Gasteiger partial charge in [-0.1, -0.05) is 23.7 Å². The lowest BCUT2D eigenvalue weighted by molar-refractivity contribution is 0.358. The van der Waals surface area contributed by atoms with Crippen molar-refractivity contribution in [1.82, 2.24) is 19.4 Å². The van der Waals surface area contributed by atoms with Gasteiger partial charge in [0, 0.05) is 26.2 Å². The summed E-state index contributed by atoms with van der Waals surface area (Å²) in [6.07, 6.45) is 1.48. The van der Waals surface area contributed by atoms with Crippen LogP contribution in [0.4, 0.5) is 0 Å². The van der Waals surface area contributed by atoms with Gasteiger partial charge < -0.3 is 5.32 Å². The van der Waals surface area contributed by atoms with Gasteiger partial charge in [-0.05, 0) is 24.6 Å². The first-order chi connectivity index (χ1) is 10.5. The van der Waals surface area contributed by atoms with Gasteiger partial charge in [0.05, 0.1) is 16.9 Å². The average Bonchev–Trinajstić information content (AvgIpc) is 2.98. The van der Waals surface area contributed by atoms with E-state index >= 15 is 0 Å². The number of nitrogens with zero attached hydrogens (tertiary/aromatic N) is 3. The van der Waals surface area contributed by atoms with Crippen LogP contribution >= 0.6 is 11.6 Å². The maximum atomic E-state index is 12.9. The lowest BCUT2D eigenvalue weighted by Gasteiger charge is -2.26. The summed E-state index contributed by atoms with van der Waals surface area (Å²) >= 11 is 6.25. The minimum absolute atomic E-state index is 0.144. The lowest BCUT2D eigenvalue weighted by Crippen LogP contribution is -2.46. The third-order valence-electron chi connectivity index (χ3n) is 3.69. The molecule has 1 saturated heterocycles. The highest BCUT2D eigenvalue weighted by Crippen LogP contribution is 2.27. The number of piperazine rings is 1. The van der Waals surface area contributed by atoms with Gasteiger partial charge in [-0.2, -0.15) is 9.40 Å². The van der Waals surface area contributed by atoms with Crippen LogP contribution in [0.15, 0.2) is 35.5 Å². The van der Waals surface area contributed by atoms with Crippen molar-refractivity contribution in [2.45, 2.75) is 11.9 Å². The maximum Gasteiger partial charge on any atom is 0.260 e. The Kier molecular flexibility index (Phi) is 4.22. The molecule has 1 fully saturated rings. The Hall–Kier alpha value is -1.41. The second kappa shape index (κ2) is 6.00. The van der Waals surface area contributed by atoms with Gasteiger partial charge in [0.15, 0.2) is 5.03 Å². The first-order valence-electron chi connectivity index (χ1n) is 7.02.